The predicted octanol–water partition coefficient (Wildman–Crippen LogP) is 8.47. The highest BCUT2D eigenvalue weighted by atomic mass is 16.5. The second kappa shape index (κ2) is 12.5. The Morgan fingerprint density at radius 2 is 1.57 bits per heavy atom. The van der Waals surface area contributed by atoms with Crippen LogP contribution in [-0.2, 0) is 11.3 Å². The van der Waals surface area contributed by atoms with Crippen molar-refractivity contribution in [3.63, 3.8) is 0 Å². The van der Waals surface area contributed by atoms with Crippen molar-refractivity contribution in [2.75, 3.05) is 6.61 Å². The molecule has 160 valence electrons. The van der Waals surface area contributed by atoms with Gasteiger partial charge in [0.25, 0.3) is 0 Å². The Morgan fingerprint density at radius 3 is 2.20 bits per heavy atom. The van der Waals surface area contributed by atoms with E-state index in [1.807, 2.05) is 6.92 Å². The summed E-state index contributed by atoms with van der Waals surface area (Å²) >= 11 is 0. The molecule has 0 bridgehead atoms. The van der Waals surface area contributed by atoms with Gasteiger partial charge in [-0.05, 0) is 86.0 Å². The SMILES string of the molecule is C=CCCCC1CCC(c2ccc(-c3ccc(COCCC=CC)cc3)cc2)CC1. The van der Waals surface area contributed by atoms with Crippen LogP contribution in [0.5, 0.6) is 0 Å². The normalized spacial score (nSPS) is 19.2. The summed E-state index contributed by atoms with van der Waals surface area (Å²) in [7, 11) is 0. The van der Waals surface area contributed by atoms with E-state index in [1.54, 1.807) is 0 Å². The maximum absolute atomic E-state index is 5.73. The maximum atomic E-state index is 5.73. The molecule has 0 saturated heterocycles. The van der Waals surface area contributed by atoms with Gasteiger partial charge in [0.1, 0.15) is 0 Å². The van der Waals surface area contributed by atoms with Gasteiger partial charge < -0.3 is 4.74 Å². The van der Waals surface area contributed by atoms with E-state index in [9.17, 15) is 0 Å². The van der Waals surface area contributed by atoms with Crippen LogP contribution in [0.15, 0.2) is 73.3 Å². The fourth-order valence-corrected chi connectivity index (χ4v) is 4.58. The molecule has 1 aliphatic rings. The summed E-state index contributed by atoms with van der Waals surface area (Å²) in [6.45, 7) is 7.36. The summed E-state index contributed by atoms with van der Waals surface area (Å²) in [5, 5.41) is 0. The summed E-state index contributed by atoms with van der Waals surface area (Å²) in [5.74, 6) is 1.68. The van der Waals surface area contributed by atoms with Gasteiger partial charge >= 0.3 is 0 Å². The molecule has 3 rings (SSSR count). The van der Waals surface area contributed by atoms with E-state index >= 15 is 0 Å². The molecular formula is C29H38O. The molecule has 1 heteroatoms. The Hall–Kier alpha value is -2.12. The third-order valence-corrected chi connectivity index (χ3v) is 6.47. The van der Waals surface area contributed by atoms with E-state index in [-0.39, 0.29) is 0 Å². The molecule has 1 aliphatic carbocycles. The number of benzene rings is 2. The van der Waals surface area contributed by atoms with E-state index in [4.69, 9.17) is 4.74 Å². The molecule has 1 nitrogen and oxygen atoms in total. The molecule has 1 fully saturated rings. The molecule has 0 heterocycles. The lowest BCUT2D eigenvalue weighted by atomic mass is 9.77. The topological polar surface area (TPSA) is 9.23 Å². The third kappa shape index (κ3) is 6.99. The average Bonchev–Trinajstić information content (AvgIpc) is 2.80. The van der Waals surface area contributed by atoms with Gasteiger partial charge in [-0.1, -0.05) is 73.2 Å². The zero-order chi connectivity index (χ0) is 21.0. The van der Waals surface area contributed by atoms with E-state index in [1.165, 1.54) is 67.2 Å². The molecule has 0 amide bonds. The van der Waals surface area contributed by atoms with Gasteiger partial charge in [-0.2, -0.15) is 0 Å². The van der Waals surface area contributed by atoms with Gasteiger partial charge in [-0.25, -0.2) is 0 Å². The average molecular weight is 403 g/mol. The molecule has 0 aliphatic heterocycles. The lowest BCUT2D eigenvalue weighted by Gasteiger charge is -2.29. The Bertz CT molecular complexity index is 761. The lowest BCUT2D eigenvalue weighted by Crippen LogP contribution is -2.13. The van der Waals surface area contributed by atoms with Crippen LogP contribution in [0.4, 0.5) is 0 Å². The number of hydrogen-bond donors (Lipinski definition) is 0. The standard InChI is InChI=1S/C29H38O/c1-3-5-7-9-24-10-14-26(15-11-24)28-18-20-29(21-19-28)27-16-12-25(13-17-27)23-30-22-8-6-4-2/h3-4,6,12-13,16-21,24,26H,1,5,7-11,14-15,22-23H2,2H3. The van der Waals surface area contributed by atoms with Crippen LogP contribution in [0.3, 0.4) is 0 Å². The first-order valence-corrected chi connectivity index (χ1v) is 11.8. The zero-order valence-electron chi connectivity index (χ0n) is 18.7. The second-order valence-electron chi connectivity index (χ2n) is 8.67. The largest absolute Gasteiger partial charge is 0.376 e. The molecule has 0 atom stereocenters. The Labute approximate surface area is 183 Å². The first kappa shape index (κ1) is 22.6. The summed E-state index contributed by atoms with van der Waals surface area (Å²) in [6.07, 6.45) is 16.6. The fourth-order valence-electron chi connectivity index (χ4n) is 4.58. The van der Waals surface area contributed by atoms with E-state index in [2.05, 4.69) is 73.3 Å². The van der Waals surface area contributed by atoms with Crippen LogP contribution in [0, 0.1) is 5.92 Å². The summed E-state index contributed by atoms with van der Waals surface area (Å²) < 4.78 is 5.73. The van der Waals surface area contributed by atoms with Crippen LogP contribution in [0.25, 0.3) is 11.1 Å². The molecule has 0 radical (unpaired) electrons. The van der Waals surface area contributed by atoms with Gasteiger partial charge in [-0.3, -0.25) is 0 Å². The van der Waals surface area contributed by atoms with Gasteiger partial charge in [0.05, 0.1) is 13.2 Å². The molecule has 0 aromatic heterocycles. The van der Waals surface area contributed by atoms with E-state index in [0.29, 0.717) is 6.61 Å². The highest BCUT2D eigenvalue weighted by Gasteiger charge is 2.21. The number of hydrogen-bond acceptors (Lipinski definition) is 1. The van der Waals surface area contributed by atoms with Crippen molar-refractivity contribution in [3.8, 4) is 11.1 Å². The summed E-state index contributed by atoms with van der Waals surface area (Å²) in [4.78, 5) is 0. The van der Waals surface area contributed by atoms with Crippen molar-refractivity contribution < 1.29 is 4.74 Å². The number of rotatable bonds is 11. The zero-order valence-corrected chi connectivity index (χ0v) is 18.7. The van der Waals surface area contributed by atoms with Crippen LogP contribution < -0.4 is 0 Å². The molecule has 30 heavy (non-hydrogen) atoms. The number of unbranched alkanes of at least 4 members (excludes halogenated alkanes) is 1. The molecule has 0 unspecified atom stereocenters. The minimum absolute atomic E-state index is 0.688. The molecule has 2 aromatic carbocycles. The highest BCUT2D eigenvalue weighted by Crippen LogP contribution is 2.38. The van der Waals surface area contributed by atoms with Crippen molar-refractivity contribution in [1.29, 1.82) is 0 Å². The predicted molar refractivity (Wildman–Crippen MR) is 130 cm³/mol. The van der Waals surface area contributed by atoms with Crippen LogP contribution in [0.1, 0.15) is 75.3 Å². The Kier molecular flexibility index (Phi) is 9.44. The van der Waals surface area contributed by atoms with Crippen molar-refractivity contribution in [2.24, 2.45) is 5.92 Å². The minimum atomic E-state index is 0.688. The molecule has 0 spiro atoms. The van der Waals surface area contributed by atoms with Crippen molar-refractivity contribution in [1.82, 2.24) is 0 Å². The Balaban J connectivity index is 1.48. The monoisotopic (exact) mass is 402 g/mol. The van der Waals surface area contributed by atoms with Gasteiger partial charge in [0, 0.05) is 0 Å². The number of ether oxygens (including phenoxy) is 1. The van der Waals surface area contributed by atoms with E-state index < -0.39 is 0 Å². The molecular weight excluding hydrogens is 364 g/mol. The maximum Gasteiger partial charge on any atom is 0.0717 e. The van der Waals surface area contributed by atoms with Crippen LogP contribution >= 0.6 is 0 Å². The molecule has 0 N–H and O–H groups in total. The fraction of sp³-hybridized carbons (Fsp3) is 0.448. The first-order valence-electron chi connectivity index (χ1n) is 11.8. The van der Waals surface area contributed by atoms with E-state index in [0.717, 1.165) is 24.9 Å². The van der Waals surface area contributed by atoms with Gasteiger partial charge in [0.15, 0.2) is 0 Å². The van der Waals surface area contributed by atoms with Crippen molar-refractivity contribution in [2.45, 2.75) is 70.8 Å². The summed E-state index contributed by atoms with van der Waals surface area (Å²) in [5.41, 5.74) is 5.35. The van der Waals surface area contributed by atoms with Crippen LogP contribution in [-0.4, -0.2) is 6.61 Å². The Morgan fingerprint density at radius 1 is 0.900 bits per heavy atom. The smallest absolute Gasteiger partial charge is 0.0717 e. The van der Waals surface area contributed by atoms with Gasteiger partial charge in [0.2, 0.25) is 0 Å². The summed E-state index contributed by atoms with van der Waals surface area (Å²) in [6, 6.07) is 18.1. The van der Waals surface area contributed by atoms with Gasteiger partial charge in [-0.15, -0.1) is 6.58 Å². The minimum Gasteiger partial charge on any atom is -0.376 e. The quantitative estimate of drug-likeness (QED) is 0.270. The second-order valence-corrected chi connectivity index (χ2v) is 8.67. The van der Waals surface area contributed by atoms with Crippen molar-refractivity contribution >= 4 is 0 Å². The lowest BCUT2D eigenvalue weighted by molar-refractivity contribution is 0.125. The molecule has 1 saturated carbocycles. The highest BCUT2D eigenvalue weighted by molar-refractivity contribution is 5.64. The van der Waals surface area contributed by atoms with Crippen LogP contribution in [0.2, 0.25) is 0 Å². The molecule has 2 aromatic rings. The third-order valence-electron chi connectivity index (χ3n) is 6.47. The van der Waals surface area contributed by atoms with Crippen molar-refractivity contribution in [3.05, 3.63) is 84.5 Å². The first-order chi connectivity index (χ1) is 14.8. The number of allylic oxidation sites excluding steroid dienone is 2.